The molecule has 0 radical (unpaired) electrons. The summed E-state index contributed by atoms with van der Waals surface area (Å²) >= 11 is 0. The second-order valence-corrected chi connectivity index (χ2v) is 4.66. The van der Waals surface area contributed by atoms with Gasteiger partial charge >= 0.3 is 0 Å². The summed E-state index contributed by atoms with van der Waals surface area (Å²) in [5.41, 5.74) is 7.19. The first-order chi connectivity index (χ1) is 8.67. The third kappa shape index (κ3) is 3.47. The highest BCUT2D eigenvalue weighted by atomic mass is 16.5. The van der Waals surface area contributed by atoms with Gasteiger partial charge in [0.05, 0.1) is 7.11 Å². The van der Waals surface area contributed by atoms with Gasteiger partial charge in [-0.05, 0) is 37.6 Å². The van der Waals surface area contributed by atoms with Crippen molar-refractivity contribution in [2.45, 2.75) is 38.8 Å². The first-order valence-electron chi connectivity index (χ1n) is 6.73. The lowest BCUT2D eigenvalue weighted by Crippen LogP contribution is -2.38. The van der Waals surface area contributed by atoms with Crippen LogP contribution in [0.3, 0.4) is 0 Å². The third-order valence-electron chi connectivity index (χ3n) is 3.71. The van der Waals surface area contributed by atoms with Crippen molar-refractivity contribution in [1.82, 2.24) is 4.90 Å². The van der Waals surface area contributed by atoms with E-state index in [1.165, 1.54) is 5.56 Å². The van der Waals surface area contributed by atoms with Gasteiger partial charge in [-0.2, -0.15) is 0 Å². The van der Waals surface area contributed by atoms with E-state index in [0.29, 0.717) is 12.6 Å². The van der Waals surface area contributed by atoms with Crippen molar-refractivity contribution in [3.63, 3.8) is 0 Å². The van der Waals surface area contributed by atoms with Gasteiger partial charge in [0.15, 0.2) is 0 Å². The zero-order valence-electron chi connectivity index (χ0n) is 12.0. The van der Waals surface area contributed by atoms with Crippen molar-refractivity contribution >= 4 is 0 Å². The van der Waals surface area contributed by atoms with E-state index in [0.717, 1.165) is 18.6 Å². The fourth-order valence-corrected chi connectivity index (χ4v) is 2.51. The highest BCUT2D eigenvalue weighted by molar-refractivity contribution is 5.30. The minimum Gasteiger partial charge on any atom is -0.497 e. The molecular formula is C15H26N2O. The van der Waals surface area contributed by atoms with Gasteiger partial charge in [-0.25, -0.2) is 0 Å². The summed E-state index contributed by atoms with van der Waals surface area (Å²) < 4.78 is 5.28. The van der Waals surface area contributed by atoms with Crippen LogP contribution in [0, 0.1) is 0 Å². The van der Waals surface area contributed by atoms with E-state index in [4.69, 9.17) is 10.5 Å². The van der Waals surface area contributed by atoms with E-state index in [1.54, 1.807) is 7.11 Å². The summed E-state index contributed by atoms with van der Waals surface area (Å²) in [7, 11) is 3.86. The van der Waals surface area contributed by atoms with E-state index < -0.39 is 0 Å². The zero-order valence-corrected chi connectivity index (χ0v) is 12.0. The summed E-state index contributed by atoms with van der Waals surface area (Å²) in [5.74, 6) is 0.892. The van der Waals surface area contributed by atoms with E-state index in [9.17, 15) is 0 Å². The number of ether oxygens (including phenoxy) is 1. The molecule has 0 aliphatic heterocycles. The maximum absolute atomic E-state index is 5.96. The van der Waals surface area contributed by atoms with E-state index in [-0.39, 0.29) is 6.04 Å². The molecule has 0 spiro atoms. The second kappa shape index (κ2) is 7.39. The molecule has 1 atom stereocenters. The highest BCUT2D eigenvalue weighted by Gasteiger charge is 2.21. The van der Waals surface area contributed by atoms with Gasteiger partial charge in [0, 0.05) is 18.6 Å². The normalized spacial score (nSPS) is 13.1. The van der Waals surface area contributed by atoms with Crippen LogP contribution in [0.25, 0.3) is 0 Å². The summed E-state index contributed by atoms with van der Waals surface area (Å²) in [6, 6.07) is 9.02. The third-order valence-corrected chi connectivity index (χ3v) is 3.71. The Morgan fingerprint density at radius 1 is 1.28 bits per heavy atom. The van der Waals surface area contributed by atoms with Gasteiger partial charge in [0.25, 0.3) is 0 Å². The standard InChI is InChI=1S/C15H26N2O/c1-5-13(6-2)17(3)15(11-16)12-8-7-9-14(10-12)18-4/h7-10,13,15H,5-6,11,16H2,1-4H3. The van der Waals surface area contributed by atoms with Crippen LogP contribution in [0.1, 0.15) is 38.3 Å². The summed E-state index contributed by atoms with van der Waals surface area (Å²) in [5, 5.41) is 0. The number of benzene rings is 1. The first-order valence-corrected chi connectivity index (χ1v) is 6.73. The molecule has 1 aromatic carbocycles. The average Bonchev–Trinajstić information content (AvgIpc) is 2.41. The monoisotopic (exact) mass is 250 g/mol. The van der Waals surface area contributed by atoms with Crippen LogP contribution in [0.15, 0.2) is 24.3 Å². The molecule has 3 nitrogen and oxygen atoms in total. The SMILES string of the molecule is CCC(CC)N(C)C(CN)c1cccc(OC)c1. The van der Waals surface area contributed by atoms with Crippen LogP contribution in [0.4, 0.5) is 0 Å². The van der Waals surface area contributed by atoms with Crippen LogP contribution in [0.2, 0.25) is 0 Å². The lowest BCUT2D eigenvalue weighted by Gasteiger charge is -2.34. The maximum atomic E-state index is 5.96. The summed E-state index contributed by atoms with van der Waals surface area (Å²) in [4.78, 5) is 2.38. The molecule has 1 unspecified atom stereocenters. The summed E-state index contributed by atoms with van der Waals surface area (Å²) in [6.45, 7) is 5.08. The number of methoxy groups -OCH3 is 1. The zero-order chi connectivity index (χ0) is 13.5. The molecule has 2 N–H and O–H groups in total. The molecule has 0 aromatic heterocycles. The number of rotatable bonds is 7. The minimum atomic E-state index is 0.255. The van der Waals surface area contributed by atoms with Crippen LogP contribution < -0.4 is 10.5 Å². The Labute approximate surface area is 111 Å². The lowest BCUT2D eigenvalue weighted by molar-refractivity contribution is 0.167. The Hall–Kier alpha value is -1.06. The molecule has 0 saturated carbocycles. The molecule has 0 aliphatic rings. The van der Waals surface area contributed by atoms with Gasteiger partial charge in [0.2, 0.25) is 0 Å². The minimum absolute atomic E-state index is 0.255. The Morgan fingerprint density at radius 2 is 1.94 bits per heavy atom. The fraction of sp³-hybridized carbons (Fsp3) is 0.600. The molecule has 1 aromatic rings. The van der Waals surface area contributed by atoms with Gasteiger partial charge in [-0.3, -0.25) is 4.90 Å². The molecule has 0 amide bonds. The number of nitrogens with two attached hydrogens (primary N) is 1. The smallest absolute Gasteiger partial charge is 0.119 e. The molecule has 0 heterocycles. The van der Waals surface area contributed by atoms with Crippen molar-refractivity contribution in [2.24, 2.45) is 5.73 Å². The van der Waals surface area contributed by atoms with Crippen molar-refractivity contribution in [3.8, 4) is 5.75 Å². The summed E-state index contributed by atoms with van der Waals surface area (Å²) in [6.07, 6.45) is 2.29. The molecule has 3 heteroatoms. The van der Waals surface area contributed by atoms with Gasteiger partial charge in [-0.1, -0.05) is 26.0 Å². The second-order valence-electron chi connectivity index (χ2n) is 4.66. The van der Waals surface area contributed by atoms with E-state index in [2.05, 4.69) is 37.9 Å². The quantitative estimate of drug-likeness (QED) is 0.808. The Balaban J connectivity index is 2.93. The fourth-order valence-electron chi connectivity index (χ4n) is 2.51. The predicted octanol–water partition coefficient (Wildman–Crippen LogP) is 2.82. The molecule has 0 fully saturated rings. The largest absolute Gasteiger partial charge is 0.497 e. The number of nitrogens with zero attached hydrogens (tertiary/aromatic N) is 1. The van der Waals surface area contributed by atoms with Gasteiger partial charge < -0.3 is 10.5 Å². The van der Waals surface area contributed by atoms with Crippen LogP contribution in [-0.2, 0) is 0 Å². The molecular weight excluding hydrogens is 224 g/mol. The topological polar surface area (TPSA) is 38.5 Å². The predicted molar refractivity (Wildman–Crippen MR) is 76.9 cm³/mol. The Bertz CT molecular complexity index is 350. The first kappa shape index (κ1) is 15.0. The van der Waals surface area contributed by atoms with Crippen molar-refractivity contribution < 1.29 is 4.74 Å². The molecule has 0 saturated heterocycles. The van der Waals surface area contributed by atoms with Gasteiger partial charge in [0.1, 0.15) is 5.75 Å². The van der Waals surface area contributed by atoms with E-state index in [1.807, 2.05) is 12.1 Å². The van der Waals surface area contributed by atoms with E-state index >= 15 is 0 Å². The molecule has 18 heavy (non-hydrogen) atoms. The van der Waals surface area contributed by atoms with Crippen molar-refractivity contribution in [3.05, 3.63) is 29.8 Å². The number of hydrogen-bond acceptors (Lipinski definition) is 3. The Kier molecular flexibility index (Phi) is 6.16. The molecule has 102 valence electrons. The van der Waals surface area contributed by atoms with Crippen LogP contribution >= 0.6 is 0 Å². The maximum Gasteiger partial charge on any atom is 0.119 e. The lowest BCUT2D eigenvalue weighted by atomic mass is 10.0. The van der Waals surface area contributed by atoms with Crippen molar-refractivity contribution in [1.29, 1.82) is 0 Å². The van der Waals surface area contributed by atoms with Gasteiger partial charge in [-0.15, -0.1) is 0 Å². The molecule has 1 rings (SSSR count). The molecule has 0 aliphatic carbocycles. The van der Waals surface area contributed by atoms with Crippen LogP contribution in [-0.4, -0.2) is 31.6 Å². The number of likely N-dealkylation sites (N-methyl/N-ethyl adjacent to an activating group) is 1. The van der Waals surface area contributed by atoms with Crippen LogP contribution in [0.5, 0.6) is 5.75 Å². The molecule has 0 bridgehead atoms. The average molecular weight is 250 g/mol. The number of hydrogen-bond donors (Lipinski definition) is 1. The Morgan fingerprint density at radius 3 is 2.44 bits per heavy atom. The van der Waals surface area contributed by atoms with Crippen molar-refractivity contribution in [2.75, 3.05) is 20.7 Å². The highest BCUT2D eigenvalue weighted by Crippen LogP contribution is 2.25.